The van der Waals surface area contributed by atoms with Gasteiger partial charge in [0, 0.05) is 38.1 Å². The molecule has 29 heavy (non-hydrogen) atoms. The maximum atomic E-state index is 5.52. The minimum absolute atomic E-state index is 0. The van der Waals surface area contributed by atoms with Crippen LogP contribution in [0.2, 0.25) is 0 Å². The molecule has 0 saturated carbocycles. The lowest BCUT2D eigenvalue weighted by Crippen LogP contribution is -2.46. The van der Waals surface area contributed by atoms with Crippen LogP contribution in [-0.4, -0.2) is 64.4 Å². The Balaban J connectivity index is 0.00000300. The fourth-order valence-corrected chi connectivity index (χ4v) is 4.21. The number of aliphatic imine (C=N–C) groups is 1. The number of nitrogens with zero attached hydrogens (tertiary/aromatic N) is 2. The Morgan fingerprint density at radius 3 is 2.76 bits per heavy atom. The Labute approximate surface area is 194 Å². The molecule has 1 saturated heterocycles. The molecule has 0 amide bonds. The molecule has 0 aliphatic carbocycles. The van der Waals surface area contributed by atoms with E-state index in [-0.39, 0.29) is 24.0 Å². The number of hydrogen-bond donors (Lipinski definition) is 2. The van der Waals surface area contributed by atoms with Crippen LogP contribution < -0.4 is 15.4 Å². The normalized spacial score (nSPS) is 16.0. The lowest BCUT2D eigenvalue weighted by atomic mass is 10.1. The highest BCUT2D eigenvalue weighted by Crippen LogP contribution is 2.25. The van der Waals surface area contributed by atoms with E-state index in [0.29, 0.717) is 6.04 Å². The molecule has 6 nitrogen and oxygen atoms in total. The van der Waals surface area contributed by atoms with Crippen molar-refractivity contribution < 1.29 is 9.47 Å². The fourth-order valence-electron chi connectivity index (χ4n) is 3.35. The average molecular weight is 530 g/mol. The van der Waals surface area contributed by atoms with Gasteiger partial charge in [-0.3, -0.25) is 9.89 Å². The van der Waals surface area contributed by atoms with Crippen LogP contribution >= 0.6 is 35.3 Å². The first kappa shape index (κ1) is 23.9. The van der Waals surface area contributed by atoms with Crippen LogP contribution in [0.15, 0.2) is 46.8 Å². The number of methoxy groups -OCH3 is 1. The van der Waals surface area contributed by atoms with E-state index >= 15 is 0 Å². The third-order valence-corrected chi connectivity index (χ3v) is 5.86. The standard InChI is InChI=1S/C21H30N4O2S.HI/c1-22-21(23-9-8-17-5-3-6-18(15-17)26-2)24-16-19(20-7-4-14-28-20)25-10-12-27-13-11-25;/h3-7,14-15,19H,8-13,16H2,1-2H3,(H2,22,23,24);1H. The molecule has 1 aromatic carbocycles. The van der Waals surface area contributed by atoms with E-state index in [0.717, 1.165) is 57.5 Å². The van der Waals surface area contributed by atoms with Crippen molar-refractivity contribution in [2.45, 2.75) is 12.5 Å². The van der Waals surface area contributed by atoms with E-state index in [4.69, 9.17) is 9.47 Å². The fraction of sp³-hybridized carbons (Fsp3) is 0.476. The van der Waals surface area contributed by atoms with Crippen LogP contribution in [0.4, 0.5) is 0 Å². The van der Waals surface area contributed by atoms with Crippen molar-refractivity contribution >= 4 is 41.3 Å². The number of rotatable bonds is 8. The first-order valence-corrected chi connectivity index (χ1v) is 10.6. The SMILES string of the molecule is CN=C(NCCc1cccc(OC)c1)NCC(c1cccs1)N1CCOCC1.I. The molecule has 3 rings (SSSR count). The Morgan fingerprint density at radius 1 is 1.24 bits per heavy atom. The van der Waals surface area contributed by atoms with Gasteiger partial charge in [-0.15, -0.1) is 35.3 Å². The molecule has 1 atom stereocenters. The molecule has 2 aromatic rings. The second kappa shape index (κ2) is 13.0. The van der Waals surface area contributed by atoms with Crippen LogP contribution in [0.25, 0.3) is 0 Å². The Kier molecular flexibility index (Phi) is 10.8. The summed E-state index contributed by atoms with van der Waals surface area (Å²) < 4.78 is 10.8. The van der Waals surface area contributed by atoms with Gasteiger partial charge in [-0.05, 0) is 35.6 Å². The summed E-state index contributed by atoms with van der Waals surface area (Å²) in [5.41, 5.74) is 1.24. The Hall–Kier alpha value is -1.36. The summed E-state index contributed by atoms with van der Waals surface area (Å²) in [7, 11) is 3.51. The van der Waals surface area contributed by atoms with E-state index in [1.807, 2.05) is 30.5 Å². The number of ether oxygens (including phenoxy) is 2. The summed E-state index contributed by atoms with van der Waals surface area (Å²) in [6.07, 6.45) is 0.912. The molecule has 1 unspecified atom stereocenters. The van der Waals surface area contributed by atoms with Gasteiger partial charge >= 0.3 is 0 Å². The highest BCUT2D eigenvalue weighted by atomic mass is 127. The van der Waals surface area contributed by atoms with Crippen molar-refractivity contribution in [1.82, 2.24) is 15.5 Å². The third-order valence-electron chi connectivity index (χ3n) is 4.88. The lowest BCUT2D eigenvalue weighted by molar-refractivity contribution is 0.0177. The molecule has 0 spiro atoms. The number of thiophene rings is 1. The minimum atomic E-state index is 0. The van der Waals surface area contributed by atoms with Crippen LogP contribution in [0.1, 0.15) is 16.5 Å². The smallest absolute Gasteiger partial charge is 0.191 e. The van der Waals surface area contributed by atoms with Gasteiger partial charge < -0.3 is 20.1 Å². The van der Waals surface area contributed by atoms with Crippen molar-refractivity contribution in [1.29, 1.82) is 0 Å². The monoisotopic (exact) mass is 530 g/mol. The number of guanidine groups is 1. The number of morpholine rings is 1. The van der Waals surface area contributed by atoms with Crippen molar-refractivity contribution in [3.8, 4) is 5.75 Å². The molecule has 2 N–H and O–H groups in total. The lowest BCUT2D eigenvalue weighted by Gasteiger charge is -2.34. The van der Waals surface area contributed by atoms with Gasteiger partial charge in [-0.2, -0.15) is 0 Å². The molecule has 8 heteroatoms. The quantitative estimate of drug-likeness (QED) is 0.312. The molecule has 1 aliphatic heterocycles. The highest BCUT2D eigenvalue weighted by molar-refractivity contribution is 14.0. The molecule has 1 aliphatic rings. The molecule has 0 radical (unpaired) electrons. The highest BCUT2D eigenvalue weighted by Gasteiger charge is 2.23. The molecule has 1 aromatic heterocycles. The zero-order chi connectivity index (χ0) is 19.6. The third kappa shape index (κ3) is 7.44. The van der Waals surface area contributed by atoms with Gasteiger partial charge in [-0.25, -0.2) is 0 Å². The Bertz CT molecular complexity index is 736. The van der Waals surface area contributed by atoms with Gasteiger partial charge in [0.15, 0.2) is 5.96 Å². The molecule has 160 valence electrons. The van der Waals surface area contributed by atoms with Crippen LogP contribution in [0.3, 0.4) is 0 Å². The van der Waals surface area contributed by atoms with E-state index < -0.39 is 0 Å². The largest absolute Gasteiger partial charge is 0.497 e. The number of benzene rings is 1. The van der Waals surface area contributed by atoms with Crippen molar-refractivity contribution in [2.75, 3.05) is 53.6 Å². The maximum absolute atomic E-state index is 5.52. The van der Waals surface area contributed by atoms with Crippen molar-refractivity contribution in [3.63, 3.8) is 0 Å². The summed E-state index contributed by atoms with van der Waals surface area (Å²) in [6, 6.07) is 12.8. The summed E-state index contributed by atoms with van der Waals surface area (Å²) in [6.45, 7) is 5.16. The molecular weight excluding hydrogens is 499 g/mol. The maximum Gasteiger partial charge on any atom is 0.191 e. The summed E-state index contributed by atoms with van der Waals surface area (Å²) in [5.74, 6) is 1.72. The van der Waals surface area contributed by atoms with Gasteiger partial charge in [0.1, 0.15) is 5.75 Å². The summed E-state index contributed by atoms with van der Waals surface area (Å²) in [4.78, 5) is 8.25. The molecule has 2 heterocycles. The van der Waals surface area contributed by atoms with E-state index in [1.54, 1.807) is 7.11 Å². The van der Waals surface area contributed by atoms with E-state index in [9.17, 15) is 0 Å². The average Bonchev–Trinajstić information content (AvgIpc) is 3.28. The zero-order valence-corrected chi connectivity index (χ0v) is 20.2. The van der Waals surface area contributed by atoms with Crippen molar-refractivity contribution in [2.24, 2.45) is 4.99 Å². The summed E-state index contributed by atoms with van der Waals surface area (Å²) >= 11 is 1.81. The van der Waals surface area contributed by atoms with E-state index in [2.05, 4.69) is 50.2 Å². The first-order chi connectivity index (χ1) is 13.8. The van der Waals surface area contributed by atoms with Crippen LogP contribution in [0, 0.1) is 0 Å². The minimum Gasteiger partial charge on any atom is -0.497 e. The Morgan fingerprint density at radius 2 is 2.07 bits per heavy atom. The molecule has 1 fully saturated rings. The second-order valence-corrected chi connectivity index (χ2v) is 7.64. The zero-order valence-electron chi connectivity index (χ0n) is 17.1. The molecule has 0 bridgehead atoms. The van der Waals surface area contributed by atoms with E-state index in [1.165, 1.54) is 10.4 Å². The van der Waals surface area contributed by atoms with Gasteiger partial charge in [0.25, 0.3) is 0 Å². The second-order valence-electron chi connectivity index (χ2n) is 6.66. The van der Waals surface area contributed by atoms with Gasteiger partial charge in [-0.1, -0.05) is 18.2 Å². The number of nitrogens with one attached hydrogen (secondary N) is 2. The van der Waals surface area contributed by atoms with Gasteiger partial charge in [0.2, 0.25) is 0 Å². The predicted octanol–water partition coefficient (Wildman–Crippen LogP) is 3.16. The topological polar surface area (TPSA) is 58.1 Å². The van der Waals surface area contributed by atoms with Crippen LogP contribution in [-0.2, 0) is 11.2 Å². The van der Waals surface area contributed by atoms with Crippen molar-refractivity contribution in [3.05, 3.63) is 52.2 Å². The summed E-state index contributed by atoms with van der Waals surface area (Å²) in [5, 5.41) is 9.06. The molecular formula is C21H31IN4O2S. The number of halogens is 1. The predicted molar refractivity (Wildman–Crippen MR) is 131 cm³/mol. The van der Waals surface area contributed by atoms with Crippen LogP contribution in [0.5, 0.6) is 5.75 Å². The number of hydrogen-bond acceptors (Lipinski definition) is 5. The first-order valence-electron chi connectivity index (χ1n) is 9.73. The van der Waals surface area contributed by atoms with Gasteiger partial charge in [0.05, 0.1) is 26.4 Å².